The largest absolute Gasteiger partial charge is 0.280 e. The lowest BCUT2D eigenvalue weighted by molar-refractivity contribution is 0.601. The molecule has 2 aromatic carbocycles. The topological polar surface area (TPSA) is 46.2 Å². The van der Waals surface area contributed by atoms with Crippen molar-refractivity contribution < 1.29 is 8.42 Å². The van der Waals surface area contributed by atoms with Gasteiger partial charge in [-0.2, -0.15) is 0 Å². The molecule has 0 aliphatic carbocycles. The summed E-state index contributed by atoms with van der Waals surface area (Å²) < 4.78 is 27.0. The minimum absolute atomic E-state index is 0.0752. The molecule has 0 unspecified atom stereocenters. The van der Waals surface area contributed by atoms with Crippen molar-refractivity contribution in [2.24, 2.45) is 0 Å². The molecule has 0 aliphatic rings. The monoisotopic (exact) mass is 313 g/mol. The number of hydrogen-bond acceptors (Lipinski definition) is 3. The van der Waals surface area contributed by atoms with E-state index in [2.05, 4.69) is 4.72 Å². The van der Waals surface area contributed by atoms with E-state index in [4.69, 9.17) is 11.6 Å². The van der Waals surface area contributed by atoms with Crippen molar-refractivity contribution in [3.05, 3.63) is 53.6 Å². The van der Waals surface area contributed by atoms with Crippen LogP contribution in [0.25, 0.3) is 0 Å². The van der Waals surface area contributed by atoms with Crippen LogP contribution in [-0.2, 0) is 10.0 Å². The SMILES string of the molecule is CSc1cccc(NS(=O)(=O)c2ccccc2Cl)c1. The highest BCUT2D eigenvalue weighted by Gasteiger charge is 2.17. The predicted octanol–water partition coefficient (Wildman–Crippen LogP) is 3.86. The summed E-state index contributed by atoms with van der Waals surface area (Å²) in [5.74, 6) is 0. The van der Waals surface area contributed by atoms with E-state index in [1.54, 1.807) is 48.2 Å². The van der Waals surface area contributed by atoms with Crippen LogP contribution in [0.15, 0.2) is 58.3 Å². The Morgan fingerprint density at radius 1 is 1.11 bits per heavy atom. The fourth-order valence-corrected chi connectivity index (χ4v) is 3.59. The highest BCUT2D eigenvalue weighted by Crippen LogP contribution is 2.25. The van der Waals surface area contributed by atoms with Gasteiger partial charge in [-0.25, -0.2) is 8.42 Å². The van der Waals surface area contributed by atoms with Gasteiger partial charge < -0.3 is 0 Å². The van der Waals surface area contributed by atoms with Gasteiger partial charge in [0.2, 0.25) is 0 Å². The number of benzene rings is 2. The maximum atomic E-state index is 12.2. The number of anilines is 1. The first-order valence-electron chi connectivity index (χ1n) is 5.44. The zero-order valence-corrected chi connectivity index (χ0v) is 12.5. The van der Waals surface area contributed by atoms with Crippen molar-refractivity contribution in [1.82, 2.24) is 0 Å². The Labute approximate surface area is 122 Å². The molecule has 0 bridgehead atoms. The summed E-state index contributed by atoms with van der Waals surface area (Å²) in [6.45, 7) is 0. The lowest BCUT2D eigenvalue weighted by atomic mass is 10.3. The molecule has 100 valence electrons. The van der Waals surface area contributed by atoms with Crippen molar-refractivity contribution in [2.45, 2.75) is 9.79 Å². The van der Waals surface area contributed by atoms with E-state index in [1.807, 2.05) is 12.3 Å². The molecule has 0 aromatic heterocycles. The molecule has 0 aliphatic heterocycles. The van der Waals surface area contributed by atoms with Crippen molar-refractivity contribution in [2.75, 3.05) is 11.0 Å². The second-order valence-corrected chi connectivity index (χ2v) is 6.71. The van der Waals surface area contributed by atoms with Crippen molar-refractivity contribution in [1.29, 1.82) is 0 Å². The Balaban J connectivity index is 2.34. The minimum Gasteiger partial charge on any atom is -0.280 e. The maximum absolute atomic E-state index is 12.2. The van der Waals surface area contributed by atoms with Crippen LogP contribution in [0.4, 0.5) is 5.69 Å². The van der Waals surface area contributed by atoms with Crippen LogP contribution in [0.1, 0.15) is 0 Å². The quantitative estimate of drug-likeness (QED) is 0.872. The maximum Gasteiger partial charge on any atom is 0.263 e. The van der Waals surface area contributed by atoms with Gasteiger partial charge in [0.05, 0.1) is 5.02 Å². The Morgan fingerprint density at radius 3 is 2.53 bits per heavy atom. The van der Waals surface area contributed by atoms with Crippen LogP contribution in [-0.4, -0.2) is 14.7 Å². The normalized spacial score (nSPS) is 11.3. The number of halogens is 1. The van der Waals surface area contributed by atoms with Crippen LogP contribution in [0.3, 0.4) is 0 Å². The minimum atomic E-state index is -3.66. The van der Waals surface area contributed by atoms with Gasteiger partial charge in [-0.3, -0.25) is 4.72 Å². The van der Waals surface area contributed by atoms with Gasteiger partial charge in [0.25, 0.3) is 10.0 Å². The van der Waals surface area contributed by atoms with Gasteiger partial charge in [-0.1, -0.05) is 29.8 Å². The second-order valence-electron chi connectivity index (χ2n) is 3.77. The van der Waals surface area contributed by atoms with Crippen LogP contribution >= 0.6 is 23.4 Å². The van der Waals surface area contributed by atoms with E-state index in [0.29, 0.717) is 5.69 Å². The first-order valence-corrected chi connectivity index (χ1v) is 8.53. The summed E-state index contributed by atoms with van der Waals surface area (Å²) in [6.07, 6.45) is 1.93. The summed E-state index contributed by atoms with van der Waals surface area (Å²) in [5.41, 5.74) is 0.520. The van der Waals surface area contributed by atoms with Crippen LogP contribution < -0.4 is 4.72 Å². The lowest BCUT2D eigenvalue weighted by Crippen LogP contribution is -2.13. The van der Waals surface area contributed by atoms with Gasteiger partial charge >= 0.3 is 0 Å². The van der Waals surface area contributed by atoms with Crippen molar-refractivity contribution in [3.63, 3.8) is 0 Å². The van der Waals surface area contributed by atoms with Crippen molar-refractivity contribution >= 4 is 39.1 Å². The fraction of sp³-hybridized carbons (Fsp3) is 0.0769. The van der Waals surface area contributed by atoms with Crippen LogP contribution in [0.5, 0.6) is 0 Å². The van der Waals surface area contributed by atoms with E-state index in [-0.39, 0.29) is 9.92 Å². The number of hydrogen-bond donors (Lipinski definition) is 1. The summed E-state index contributed by atoms with van der Waals surface area (Å²) in [7, 11) is -3.66. The highest BCUT2D eigenvalue weighted by molar-refractivity contribution is 7.98. The van der Waals surface area contributed by atoms with E-state index >= 15 is 0 Å². The van der Waals surface area contributed by atoms with E-state index in [0.717, 1.165) is 4.90 Å². The predicted molar refractivity (Wildman–Crippen MR) is 80.5 cm³/mol. The number of rotatable bonds is 4. The number of nitrogens with one attached hydrogen (secondary N) is 1. The third kappa shape index (κ3) is 3.43. The first-order chi connectivity index (χ1) is 9.03. The molecule has 0 fully saturated rings. The van der Waals surface area contributed by atoms with Gasteiger partial charge in [0.15, 0.2) is 0 Å². The summed E-state index contributed by atoms with van der Waals surface area (Å²) in [6, 6.07) is 13.5. The second kappa shape index (κ2) is 5.86. The Hall–Kier alpha value is -1.17. The molecule has 3 nitrogen and oxygen atoms in total. The van der Waals surface area contributed by atoms with Gasteiger partial charge in [0, 0.05) is 10.6 Å². The third-order valence-electron chi connectivity index (χ3n) is 2.45. The average molecular weight is 314 g/mol. The molecule has 0 spiro atoms. The van der Waals surface area contributed by atoms with Crippen LogP contribution in [0, 0.1) is 0 Å². The van der Waals surface area contributed by atoms with Gasteiger partial charge in [0.1, 0.15) is 4.90 Å². The molecule has 0 amide bonds. The number of sulfonamides is 1. The molecule has 0 heterocycles. The molecule has 2 aromatic rings. The van der Waals surface area contributed by atoms with E-state index in [9.17, 15) is 8.42 Å². The zero-order chi connectivity index (χ0) is 13.9. The molecule has 2 rings (SSSR count). The molecule has 0 atom stereocenters. The Kier molecular flexibility index (Phi) is 4.39. The van der Waals surface area contributed by atoms with Crippen LogP contribution in [0.2, 0.25) is 5.02 Å². The fourth-order valence-electron chi connectivity index (χ4n) is 1.56. The molecular weight excluding hydrogens is 302 g/mol. The number of thioether (sulfide) groups is 1. The molecular formula is C13H12ClNO2S2. The molecule has 0 saturated carbocycles. The summed E-state index contributed by atoms with van der Waals surface area (Å²) >= 11 is 7.46. The Morgan fingerprint density at radius 2 is 1.84 bits per heavy atom. The Bertz CT molecular complexity index is 687. The molecule has 1 N–H and O–H groups in total. The average Bonchev–Trinajstić information content (AvgIpc) is 2.38. The summed E-state index contributed by atoms with van der Waals surface area (Å²) in [5, 5.41) is 0.205. The summed E-state index contributed by atoms with van der Waals surface area (Å²) in [4.78, 5) is 1.06. The molecule has 0 radical (unpaired) electrons. The molecule has 19 heavy (non-hydrogen) atoms. The smallest absolute Gasteiger partial charge is 0.263 e. The third-order valence-corrected chi connectivity index (χ3v) is 5.05. The molecule has 6 heteroatoms. The zero-order valence-electron chi connectivity index (χ0n) is 10.1. The molecule has 0 saturated heterocycles. The van der Waals surface area contributed by atoms with E-state index in [1.165, 1.54) is 6.07 Å². The standard InChI is InChI=1S/C13H12ClNO2S2/c1-18-11-6-4-5-10(9-11)15-19(16,17)13-8-3-2-7-12(13)14/h2-9,15H,1H3. The lowest BCUT2D eigenvalue weighted by Gasteiger charge is -2.10. The van der Waals surface area contributed by atoms with Gasteiger partial charge in [-0.05, 0) is 36.6 Å². The highest BCUT2D eigenvalue weighted by atomic mass is 35.5. The first kappa shape index (κ1) is 14.2. The van der Waals surface area contributed by atoms with E-state index < -0.39 is 10.0 Å². The van der Waals surface area contributed by atoms with Gasteiger partial charge in [-0.15, -0.1) is 11.8 Å². The van der Waals surface area contributed by atoms with Crippen molar-refractivity contribution in [3.8, 4) is 0 Å².